The number of thioether (sulfide) groups is 1. The van der Waals surface area contributed by atoms with E-state index in [1.54, 1.807) is 18.2 Å². The van der Waals surface area contributed by atoms with Gasteiger partial charge in [0, 0.05) is 5.56 Å². The summed E-state index contributed by atoms with van der Waals surface area (Å²) in [6.07, 6.45) is 1.49. The maximum absolute atomic E-state index is 11.4. The SMILES string of the molecule is O=C1NC(=S)S/C1=C/c1ccccc1C(=O)[O-]. The van der Waals surface area contributed by atoms with Gasteiger partial charge in [-0.25, -0.2) is 0 Å². The minimum absolute atomic E-state index is 0.0474. The van der Waals surface area contributed by atoms with Crippen molar-refractivity contribution in [2.24, 2.45) is 0 Å². The minimum atomic E-state index is -1.27. The molecule has 4 nitrogen and oxygen atoms in total. The van der Waals surface area contributed by atoms with Crippen molar-refractivity contribution in [1.29, 1.82) is 0 Å². The van der Waals surface area contributed by atoms with Crippen molar-refractivity contribution in [3.63, 3.8) is 0 Å². The van der Waals surface area contributed by atoms with Crippen molar-refractivity contribution in [3.05, 3.63) is 40.3 Å². The van der Waals surface area contributed by atoms with Crippen LogP contribution in [0.1, 0.15) is 15.9 Å². The fraction of sp³-hybridized carbons (Fsp3) is 0. The van der Waals surface area contributed by atoms with Crippen LogP contribution in [-0.4, -0.2) is 16.2 Å². The Kier molecular flexibility index (Phi) is 3.26. The van der Waals surface area contributed by atoms with Crippen LogP contribution in [0.3, 0.4) is 0 Å². The molecule has 0 radical (unpaired) electrons. The number of benzene rings is 1. The first-order valence-electron chi connectivity index (χ1n) is 4.63. The smallest absolute Gasteiger partial charge is 0.263 e. The Morgan fingerprint density at radius 2 is 2.12 bits per heavy atom. The normalized spacial score (nSPS) is 17.3. The first-order chi connectivity index (χ1) is 8.08. The minimum Gasteiger partial charge on any atom is -0.545 e. The number of hydrogen-bond acceptors (Lipinski definition) is 5. The topological polar surface area (TPSA) is 69.2 Å². The lowest BCUT2D eigenvalue weighted by atomic mass is 10.1. The van der Waals surface area contributed by atoms with Crippen molar-refractivity contribution < 1.29 is 14.7 Å². The largest absolute Gasteiger partial charge is 0.545 e. The van der Waals surface area contributed by atoms with Gasteiger partial charge in [0.25, 0.3) is 5.91 Å². The number of nitrogens with one attached hydrogen (secondary N) is 1. The molecule has 0 bridgehead atoms. The van der Waals surface area contributed by atoms with E-state index in [1.165, 1.54) is 12.1 Å². The van der Waals surface area contributed by atoms with Gasteiger partial charge in [-0.15, -0.1) is 0 Å². The van der Waals surface area contributed by atoms with E-state index in [0.29, 0.717) is 14.8 Å². The van der Waals surface area contributed by atoms with E-state index in [1.807, 2.05) is 0 Å². The molecule has 0 aliphatic carbocycles. The highest BCUT2D eigenvalue weighted by Gasteiger charge is 2.22. The van der Waals surface area contributed by atoms with Crippen LogP contribution in [0.15, 0.2) is 29.2 Å². The van der Waals surface area contributed by atoms with Crippen molar-refractivity contribution >= 4 is 46.3 Å². The van der Waals surface area contributed by atoms with Crippen molar-refractivity contribution in [1.82, 2.24) is 5.32 Å². The van der Waals surface area contributed by atoms with Gasteiger partial charge in [-0.1, -0.05) is 48.2 Å². The average molecular weight is 264 g/mol. The van der Waals surface area contributed by atoms with Crippen LogP contribution in [-0.2, 0) is 4.79 Å². The Labute approximate surface area is 107 Å². The molecule has 1 heterocycles. The zero-order valence-electron chi connectivity index (χ0n) is 8.43. The quantitative estimate of drug-likeness (QED) is 0.623. The number of amides is 1. The summed E-state index contributed by atoms with van der Waals surface area (Å²) in [4.78, 5) is 22.7. The molecule has 1 aromatic rings. The Hall–Kier alpha value is -1.66. The van der Waals surface area contributed by atoms with Gasteiger partial charge >= 0.3 is 0 Å². The predicted octanol–water partition coefficient (Wildman–Crippen LogP) is 0.539. The molecule has 1 aliphatic heterocycles. The monoisotopic (exact) mass is 264 g/mol. The van der Waals surface area contributed by atoms with Crippen molar-refractivity contribution in [2.75, 3.05) is 0 Å². The van der Waals surface area contributed by atoms with E-state index in [2.05, 4.69) is 5.32 Å². The molecule has 1 fully saturated rings. The number of carboxylic acids is 1. The lowest BCUT2D eigenvalue weighted by Crippen LogP contribution is -2.23. The maximum atomic E-state index is 11.4. The molecule has 1 N–H and O–H groups in total. The third-order valence-corrected chi connectivity index (χ3v) is 3.27. The van der Waals surface area contributed by atoms with E-state index < -0.39 is 5.97 Å². The third kappa shape index (κ3) is 2.54. The lowest BCUT2D eigenvalue weighted by Gasteiger charge is -2.06. The van der Waals surface area contributed by atoms with E-state index in [0.717, 1.165) is 11.8 Å². The van der Waals surface area contributed by atoms with E-state index >= 15 is 0 Å². The Bertz CT molecular complexity index is 551. The zero-order chi connectivity index (χ0) is 12.4. The number of aromatic carboxylic acids is 1. The number of carboxylic acid groups (broad SMARTS) is 1. The molecule has 0 spiro atoms. The van der Waals surface area contributed by atoms with Gasteiger partial charge in [-0.3, -0.25) is 4.79 Å². The number of hydrogen-bond donors (Lipinski definition) is 1. The zero-order valence-corrected chi connectivity index (χ0v) is 10.1. The molecule has 17 heavy (non-hydrogen) atoms. The van der Waals surface area contributed by atoms with Crippen molar-refractivity contribution in [3.8, 4) is 0 Å². The Morgan fingerprint density at radius 1 is 1.41 bits per heavy atom. The average Bonchev–Trinajstić information content (AvgIpc) is 2.58. The van der Waals surface area contributed by atoms with Crippen molar-refractivity contribution in [2.45, 2.75) is 0 Å². The molecule has 1 aromatic carbocycles. The van der Waals surface area contributed by atoms with E-state index in [9.17, 15) is 14.7 Å². The number of carbonyl (C=O) groups is 2. The van der Waals surface area contributed by atoms with Gasteiger partial charge in [-0.05, 0) is 11.6 Å². The molecule has 0 saturated carbocycles. The van der Waals surface area contributed by atoms with E-state index in [-0.39, 0.29) is 11.5 Å². The highest BCUT2D eigenvalue weighted by molar-refractivity contribution is 8.26. The summed E-state index contributed by atoms with van der Waals surface area (Å²) in [5, 5.41) is 13.3. The highest BCUT2D eigenvalue weighted by atomic mass is 32.2. The maximum Gasteiger partial charge on any atom is 0.263 e. The molecular weight excluding hydrogens is 258 g/mol. The Balaban J connectivity index is 2.42. The summed E-state index contributed by atoms with van der Waals surface area (Å²) in [6, 6.07) is 6.32. The predicted molar refractivity (Wildman–Crippen MR) is 67.1 cm³/mol. The molecule has 1 saturated heterocycles. The fourth-order valence-electron chi connectivity index (χ4n) is 1.37. The summed E-state index contributed by atoms with van der Waals surface area (Å²) < 4.78 is 0.368. The molecule has 0 atom stereocenters. The molecule has 0 aromatic heterocycles. The standard InChI is InChI=1S/C11H7NO3S2/c13-9-8(17-11(16)12-9)5-6-3-1-2-4-7(6)10(14)15/h1-5H,(H,14,15)(H,12,13,16)/p-1/b8-5+. The highest BCUT2D eigenvalue weighted by Crippen LogP contribution is 2.26. The van der Waals surface area contributed by atoms with Crippen LogP contribution in [0.4, 0.5) is 0 Å². The lowest BCUT2D eigenvalue weighted by molar-refractivity contribution is -0.255. The molecule has 6 heteroatoms. The van der Waals surface area contributed by atoms with Gasteiger partial charge in [0.15, 0.2) is 0 Å². The summed E-state index contributed by atoms with van der Waals surface area (Å²) in [6.45, 7) is 0. The molecule has 86 valence electrons. The number of carbonyl (C=O) groups excluding carboxylic acids is 2. The van der Waals surface area contributed by atoms with Crippen LogP contribution in [0, 0.1) is 0 Å². The molecular formula is C11H6NO3S2-. The molecule has 1 aliphatic rings. The molecule has 0 unspecified atom stereocenters. The Morgan fingerprint density at radius 3 is 2.71 bits per heavy atom. The second kappa shape index (κ2) is 4.68. The summed E-state index contributed by atoms with van der Waals surface area (Å²) in [5.41, 5.74) is 0.473. The fourth-order valence-corrected chi connectivity index (χ4v) is 2.41. The summed E-state index contributed by atoms with van der Waals surface area (Å²) in [7, 11) is 0. The molecule has 2 rings (SSSR count). The first-order valence-corrected chi connectivity index (χ1v) is 5.85. The number of rotatable bonds is 2. The van der Waals surface area contributed by atoms with Gasteiger partial charge in [0.05, 0.1) is 10.9 Å². The van der Waals surface area contributed by atoms with Gasteiger partial charge in [-0.2, -0.15) is 0 Å². The van der Waals surface area contributed by atoms with Gasteiger partial charge in [0.1, 0.15) is 4.32 Å². The summed E-state index contributed by atoms with van der Waals surface area (Å²) in [5.74, 6) is -1.59. The van der Waals surface area contributed by atoms with Gasteiger partial charge < -0.3 is 15.2 Å². The summed E-state index contributed by atoms with van der Waals surface area (Å²) >= 11 is 5.94. The second-order valence-corrected chi connectivity index (χ2v) is 4.95. The molecule has 1 amide bonds. The van der Waals surface area contributed by atoms with Crippen LogP contribution in [0.5, 0.6) is 0 Å². The van der Waals surface area contributed by atoms with Gasteiger partial charge in [0.2, 0.25) is 0 Å². The third-order valence-electron chi connectivity index (χ3n) is 2.11. The van der Waals surface area contributed by atoms with Crippen LogP contribution in [0.25, 0.3) is 6.08 Å². The second-order valence-electron chi connectivity index (χ2n) is 3.23. The first kappa shape index (κ1) is 11.8. The van der Waals surface area contributed by atoms with Crippen LogP contribution in [0.2, 0.25) is 0 Å². The van der Waals surface area contributed by atoms with E-state index in [4.69, 9.17) is 12.2 Å². The number of thiocarbonyl (C=S) groups is 1. The van der Waals surface area contributed by atoms with Crippen LogP contribution >= 0.6 is 24.0 Å². The van der Waals surface area contributed by atoms with Crippen LogP contribution < -0.4 is 10.4 Å².